The molecule has 0 atom stereocenters. The van der Waals surface area contributed by atoms with Crippen molar-refractivity contribution in [3.63, 3.8) is 0 Å². The maximum atomic E-state index is 12.5. The molecule has 1 heterocycles. The highest BCUT2D eigenvalue weighted by molar-refractivity contribution is 5.92. The number of fused-ring (bicyclic) bond motifs is 1. The number of aromatic carboxylic acids is 1. The van der Waals surface area contributed by atoms with E-state index >= 15 is 0 Å². The van der Waals surface area contributed by atoms with Crippen molar-refractivity contribution in [3.05, 3.63) is 70.6 Å². The number of rotatable bonds is 5. The zero-order valence-electron chi connectivity index (χ0n) is 13.9. The van der Waals surface area contributed by atoms with Gasteiger partial charge in [-0.1, -0.05) is 0 Å². The topological polar surface area (TPSA) is 97.6 Å². The average Bonchev–Trinajstić information content (AvgIpc) is 2.64. The molecule has 0 spiro atoms. The lowest BCUT2D eigenvalue weighted by Crippen LogP contribution is -2.27. The van der Waals surface area contributed by atoms with E-state index in [4.69, 9.17) is 9.84 Å². The molecule has 0 bridgehead atoms. The number of pyridine rings is 1. The number of anilines is 1. The van der Waals surface area contributed by atoms with Gasteiger partial charge >= 0.3 is 5.97 Å². The summed E-state index contributed by atoms with van der Waals surface area (Å²) in [5.74, 6) is -0.775. The van der Waals surface area contributed by atoms with Crippen molar-refractivity contribution >= 4 is 28.3 Å². The number of carboxylic acid groups (broad SMARTS) is 1. The standard InChI is InChI=1S/C19H16N2O5/c1-26-15-6-7-16-13(10-15)8-9-21(18(16)23)11-17(22)20-14-4-2-12(3-5-14)19(24)25/h2-10H,11H2,1H3,(H,20,22)(H,24,25). The van der Waals surface area contributed by atoms with Crippen LogP contribution in [0.1, 0.15) is 10.4 Å². The highest BCUT2D eigenvalue weighted by Gasteiger charge is 2.09. The quantitative estimate of drug-likeness (QED) is 0.734. The Morgan fingerprint density at radius 2 is 1.85 bits per heavy atom. The molecule has 0 saturated carbocycles. The summed E-state index contributed by atoms with van der Waals surface area (Å²) in [6.07, 6.45) is 1.55. The van der Waals surface area contributed by atoms with Crippen molar-refractivity contribution in [2.45, 2.75) is 6.54 Å². The van der Waals surface area contributed by atoms with Crippen molar-refractivity contribution < 1.29 is 19.4 Å². The largest absolute Gasteiger partial charge is 0.497 e. The summed E-state index contributed by atoms with van der Waals surface area (Å²) in [7, 11) is 1.55. The predicted molar refractivity (Wildman–Crippen MR) is 96.8 cm³/mol. The van der Waals surface area contributed by atoms with Crippen molar-refractivity contribution in [1.29, 1.82) is 0 Å². The normalized spacial score (nSPS) is 10.5. The molecule has 0 aliphatic rings. The lowest BCUT2D eigenvalue weighted by molar-refractivity contribution is -0.116. The minimum atomic E-state index is -1.04. The summed E-state index contributed by atoms with van der Waals surface area (Å²) in [6, 6.07) is 12.6. The van der Waals surface area contributed by atoms with Crippen LogP contribution in [0.25, 0.3) is 10.8 Å². The van der Waals surface area contributed by atoms with Gasteiger partial charge in [-0.2, -0.15) is 0 Å². The number of methoxy groups -OCH3 is 1. The molecule has 2 N–H and O–H groups in total. The maximum absolute atomic E-state index is 12.5. The zero-order chi connectivity index (χ0) is 18.7. The molecule has 2 aromatic carbocycles. The molecule has 3 rings (SSSR count). The first kappa shape index (κ1) is 17.2. The van der Waals surface area contributed by atoms with Gasteiger partial charge in [-0.05, 0) is 53.9 Å². The number of amides is 1. The molecule has 0 aliphatic carbocycles. The third-order valence-electron chi connectivity index (χ3n) is 3.91. The van der Waals surface area contributed by atoms with Crippen LogP contribution in [0.15, 0.2) is 59.5 Å². The summed E-state index contributed by atoms with van der Waals surface area (Å²) >= 11 is 0. The first-order valence-electron chi connectivity index (χ1n) is 7.78. The van der Waals surface area contributed by atoms with Gasteiger partial charge in [0.2, 0.25) is 5.91 Å². The number of nitrogens with one attached hydrogen (secondary N) is 1. The third kappa shape index (κ3) is 3.56. The molecule has 3 aromatic rings. The molecule has 26 heavy (non-hydrogen) atoms. The van der Waals surface area contributed by atoms with Gasteiger partial charge in [0.1, 0.15) is 12.3 Å². The van der Waals surface area contributed by atoms with Gasteiger partial charge in [0, 0.05) is 17.3 Å². The van der Waals surface area contributed by atoms with Crippen LogP contribution in [-0.2, 0) is 11.3 Å². The number of hydrogen-bond acceptors (Lipinski definition) is 4. The van der Waals surface area contributed by atoms with Crippen LogP contribution in [0, 0.1) is 0 Å². The van der Waals surface area contributed by atoms with E-state index < -0.39 is 5.97 Å². The van der Waals surface area contributed by atoms with E-state index in [0.717, 1.165) is 5.39 Å². The first-order valence-corrected chi connectivity index (χ1v) is 7.78. The highest BCUT2D eigenvalue weighted by Crippen LogP contribution is 2.17. The fraction of sp³-hybridized carbons (Fsp3) is 0.105. The molecule has 7 heteroatoms. The lowest BCUT2D eigenvalue weighted by Gasteiger charge is -2.09. The Labute approximate surface area is 148 Å². The number of carbonyl (C=O) groups is 2. The van der Waals surface area contributed by atoms with Crippen LogP contribution in [0.4, 0.5) is 5.69 Å². The molecule has 1 amide bonds. The Balaban J connectivity index is 1.77. The Bertz CT molecular complexity index is 1040. The molecule has 0 aliphatic heterocycles. The number of benzene rings is 2. The molecule has 132 valence electrons. The van der Waals surface area contributed by atoms with Gasteiger partial charge in [0.15, 0.2) is 0 Å². The lowest BCUT2D eigenvalue weighted by atomic mass is 10.1. The Kier molecular flexibility index (Phi) is 4.70. The van der Waals surface area contributed by atoms with Gasteiger partial charge in [0.05, 0.1) is 12.7 Å². The number of hydrogen-bond donors (Lipinski definition) is 2. The number of carboxylic acids is 1. The summed E-state index contributed by atoms with van der Waals surface area (Å²) in [6.45, 7) is -0.151. The third-order valence-corrected chi connectivity index (χ3v) is 3.91. The Morgan fingerprint density at radius 1 is 1.12 bits per heavy atom. The van der Waals surface area contributed by atoms with Gasteiger partial charge < -0.3 is 19.7 Å². The number of aromatic nitrogens is 1. The molecule has 7 nitrogen and oxygen atoms in total. The van der Waals surface area contributed by atoms with E-state index in [-0.39, 0.29) is 23.6 Å². The summed E-state index contributed by atoms with van der Waals surface area (Å²) in [4.78, 5) is 35.5. The van der Waals surface area contributed by atoms with E-state index in [9.17, 15) is 14.4 Å². The zero-order valence-corrected chi connectivity index (χ0v) is 13.9. The summed E-state index contributed by atoms with van der Waals surface area (Å²) < 4.78 is 6.45. The van der Waals surface area contributed by atoms with E-state index in [1.54, 1.807) is 37.6 Å². The van der Waals surface area contributed by atoms with Crippen LogP contribution >= 0.6 is 0 Å². The number of nitrogens with zero attached hydrogens (tertiary/aromatic N) is 1. The van der Waals surface area contributed by atoms with E-state index in [0.29, 0.717) is 16.8 Å². The monoisotopic (exact) mass is 352 g/mol. The first-order chi connectivity index (χ1) is 12.5. The molecular formula is C19H16N2O5. The number of ether oxygens (including phenoxy) is 1. The molecule has 0 fully saturated rings. The smallest absolute Gasteiger partial charge is 0.335 e. The van der Waals surface area contributed by atoms with Crippen molar-refractivity contribution in [2.75, 3.05) is 12.4 Å². The van der Waals surface area contributed by atoms with Gasteiger partial charge in [-0.3, -0.25) is 9.59 Å². The molecular weight excluding hydrogens is 336 g/mol. The second kappa shape index (κ2) is 7.10. The van der Waals surface area contributed by atoms with Crippen LogP contribution in [0.3, 0.4) is 0 Å². The van der Waals surface area contributed by atoms with E-state index in [1.165, 1.54) is 28.8 Å². The minimum Gasteiger partial charge on any atom is -0.497 e. The summed E-state index contributed by atoms with van der Waals surface area (Å²) in [5, 5.41) is 12.7. The second-order valence-corrected chi connectivity index (χ2v) is 5.63. The van der Waals surface area contributed by atoms with Crippen LogP contribution < -0.4 is 15.6 Å². The van der Waals surface area contributed by atoms with Crippen LogP contribution in [0.2, 0.25) is 0 Å². The minimum absolute atomic E-state index is 0.129. The van der Waals surface area contributed by atoms with Crippen molar-refractivity contribution in [2.24, 2.45) is 0 Å². The summed E-state index contributed by atoms with van der Waals surface area (Å²) in [5.41, 5.74) is 0.310. The molecule has 1 aromatic heterocycles. The maximum Gasteiger partial charge on any atom is 0.335 e. The van der Waals surface area contributed by atoms with Gasteiger partial charge in [0.25, 0.3) is 5.56 Å². The van der Waals surface area contributed by atoms with Crippen LogP contribution in [0.5, 0.6) is 5.75 Å². The van der Waals surface area contributed by atoms with E-state index in [1.807, 2.05) is 0 Å². The van der Waals surface area contributed by atoms with Gasteiger partial charge in [-0.15, -0.1) is 0 Å². The molecule has 0 unspecified atom stereocenters. The fourth-order valence-electron chi connectivity index (χ4n) is 2.57. The predicted octanol–water partition coefficient (Wildman–Crippen LogP) is 2.35. The van der Waals surface area contributed by atoms with Gasteiger partial charge in [-0.25, -0.2) is 4.79 Å². The fourth-order valence-corrected chi connectivity index (χ4v) is 2.57. The van der Waals surface area contributed by atoms with Crippen molar-refractivity contribution in [1.82, 2.24) is 4.57 Å². The van der Waals surface area contributed by atoms with E-state index in [2.05, 4.69) is 5.32 Å². The second-order valence-electron chi connectivity index (χ2n) is 5.63. The Hall–Kier alpha value is -3.61. The average molecular weight is 352 g/mol. The number of carbonyl (C=O) groups excluding carboxylic acids is 1. The van der Waals surface area contributed by atoms with Crippen molar-refractivity contribution in [3.8, 4) is 5.75 Å². The highest BCUT2D eigenvalue weighted by atomic mass is 16.5. The molecule has 0 saturated heterocycles. The Morgan fingerprint density at radius 3 is 2.50 bits per heavy atom. The van der Waals surface area contributed by atoms with Crippen LogP contribution in [-0.4, -0.2) is 28.7 Å². The SMILES string of the molecule is COc1ccc2c(=O)n(CC(=O)Nc3ccc(C(=O)O)cc3)ccc2c1. The molecule has 0 radical (unpaired) electrons.